The Hall–Kier alpha value is -1.85. The lowest BCUT2D eigenvalue weighted by atomic mass is 10.2. The molecule has 3 rings (SSSR count). The molecule has 2 heterocycles. The van der Waals surface area contributed by atoms with Crippen LogP contribution in [0.2, 0.25) is 5.02 Å². The molecule has 0 aliphatic heterocycles. The molecule has 0 aliphatic carbocycles. The van der Waals surface area contributed by atoms with Gasteiger partial charge in [0.05, 0.1) is 10.4 Å². The van der Waals surface area contributed by atoms with Crippen molar-refractivity contribution in [2.45, 2.75) is 6.92 Å². The van der Waals surface area contributed by atoms with E-state index in [0.717, 1.165) is 10.4 Å². The summed E-state index contributed by atoms with van der Waals surface area (Å²) in [6.07, 6.45) is 0. The van der Waals surface area contributed by atoms with Crippen molar-refractivity contribution in [3.05, 3.63) is 39.7 Å². The minimum absolute atomic E-state index is 0.0479. The summed E-state index contributed by atoms with van der Waals surface area (Å²) >= 11 is 7.38. The molecular formula is C13H8ClNO3S. The van der Waals surface area contributed by atoms with Gasteiger partial charge in [0.2, 0.25) is 5.89 Å². The second kappa shape index (κ2) is 4.36. The SMILES string of the molecule is Cc1ccsc1-c1nc2c(C(=O)O)cc(Cl)cc2o1. The summed E-state index contributed by atoms with van der Waals surface area (Å²) < 4.78 is 5.62. The minimum atomic E-state index is -1.07. The predicted molar refractivity (Wildman–Crippen MR) is 74.0 cm³/mol. The van der Waals surface area contributed by atoms with Crippen molar-refractivity contribution in [2.24, 2.45) is 0 Å². The fraction of sp³-hybridized carbons (Fsp3) is 0.0769. The third kappa shape index (κ3) is 2.01. The van der Waals surface area contributed by atoms with E-state index in [4.69, 9.17) is 21.1 Å². The molecule has 4 nitrogen and oxygen atoms in total. The molecule has 0 bridgehead atoms. The van der Waals surface area contributed by atoms with E-state index in [-0.39, 0.29) is 5.56 Å². The maximum absolute atomic E-state index is 11.2. The predicted octanol–water partition coefficient (Wildman–Crippen LogP) is 4.22. The number of hydrogen-bond acceptors (Lipinski definition) is 4. The fourth-order valence-electron chi connectivity index (χ4n) is 1.85. The van der Waals surface area contributed by atoms with Gasteiger partial charge < -0.3 is 9.52 Å². The Morgan fingerprint density at radius 3 is 2.89 bits per heavy atom. The topological polar surface area (TPSA) is 63.3 Å². The average molecular weight is 294 g/mol. The van der Waals surface area contributed by atoms with E-state index in [1.54, 1.807) is 6.07 Å². The zero-order chi connectivity index (χ0) is 13.6. The number of thiophene rings is 1. The molecule has 0 spiro atoms. The minimum Gasteiger partial charge on any atom is -0.478 e. The molecule has 6 heteroatoms. The summed E-state index contributed by atoms with van der Waals surface area (Å²) in [7, 11) is 0. The van der Waals surface area contributed by atoms with E-state index in [2.05, 4.69) is 4.98 Å². The number of aromatic nitrogens is 1. The van der Waals surface area contributed by atoms with Crippen molar-refractivity contribution in [3.63, 3.8) is 0 Å². The van der Waals surface area contributed by atoms with Crippen molar-refractivity contribution in [1.29, 1.82) is 0 Å². The fourth-order valence-corrected chi connectivity index (χ4v) is 2.91. The van der Waals surface area contributed by atoms with Gasteiger partial charge in [0.25, 0.3) is 0 Å². The van der Waals surface area contributed by atoms with E-state index in [9.17, 15) is 4.79 Å². The number of halogens is 1. The highest BCUT2D eigenvalue weighted by Crippen LogP contribution is 2.33. The van der Waals surface area contributed by atoms with Crippen molar-refractivity contribution in [2.75, 3.05) is 0 Å². The molecule has 2 aromatic heterocycles. The first-order valence-corrected chi connectivity index (χ1v) is 6.70. The van der Waals surface area contributed by atoms with Gasteiger partial charge in [-0.05, 0) is 30.0 Å². The number of rotatable bonds is 2. The van der Waals surface area contributed by atoms with Gasteiger partial charge in [-0.3, -0.25) is 0 Å². The number of benzene rings is 1. The number of oxazole rings is 1. The zero-order valence-corrected chi connectivity index (χ0v) is 11.4. The molecule has 1 aromatic carbocycles. The Kier molecular flexibility index (Phi) is 2.80. The van der Waals surface area contributed by atoms with E-state index >= 15 is 0 Å². The van der Waals surface area contributed by atoms with Crippen LogP contribution in [0, 0.1) is 6.92 Å². The Morgan fingerprint density at radius 1 is 1.47 bits per heavy atom. The molecule has 1 N–H and O–H groups in total. The standard InChI is InChI=1S/C13H8ClNO3S/c1-6-2-3-19-11(6)12-15-10-8(13(16)17)4-7(14)5-9(10)18-12/h2-5H,1H3,(H,16,17). The van der Waals surface area contributed by atoms with Crippen molar-refractivity contribution >= 4 is 40.0 Å². The van der Waals surface area contributed by atoms with Gasteiger partial charge in [0.15, 0.2) is 5.58 Å². The van der Waals surface area contributed by atoms with Gasteiger partial charge in [-0.25, -0.2) is 9.78 Å². The number of carboxylic acid groups (broad SMARTS) is 1. The molecule has 96 valence electrons. The number of fused-ring (bicyclic) bond motifs is 1. The van der Waals surface area contributed by atoms with Crippen LogP contribution < -0.4 is 0 Å². The molecule has 0 atom stereocenters. The van der Waals surface area contributed by atoms with Gasteiger partial charge in [-0.15, -0.1) is 11.3 Å². The second-order valence-corrected chi connectivity index (χ2v) is 5.41. The lowest BCUT2D eigenvalue weighted by molar-refractivity contribution is 0.0699. The lowest BCUT2D eigenvalue weighted by Gasteiger charge is -1.95. The molecule has 0 fully saturated rings. The Bertz CT molecular complexity index is 790. The molecule has 0 aliphatic rings. The highest BCUT2D eigenvalue weighted by atomic mass is 35.5. The van der Waals surface area contributed by atoms with Crippen LogP contribution in [0.5, 0.6) is 0 Å². The van der Waals surface area contributed by atoms with Crippen molar-refractivity contribution in [1.82, 2.24) is 4.98 Å². The van der Waals surface area contributed by atoms with Crippen LogP contribution in [0.3, 0.4) is 0 Å². The first-order valence-electron chi connectivity index (χ1n) is 5.44. The average Bonchev–Trinajstić information content (AvgIpc) is 2.93. The van der Waals surface area contributed by atoms with E-state index in [0.29, 0.717) is 22.0 Å². The monoisotopic (exact) mass is 293 g/mol. The van der Waals surface area contributed by atoms with Gasteiger partial charge in [0, 0.05) is 11.1 Å². The summed E-state index contributed by atoms with van der Waals surface area (Å²) in [5.41, 5.74) is 1.79. The number of hydrogen-bond donors (Lipinski definition) is 1. The number of nitrogens with zero attached hydrogens (tertiary/aromatic N) is 1. The Balaban J connectivity index is 2.29. The highest BCUT2D eigenvalue weighted by molar-refractivity contribution is 7.13. The molecule has 3 aromatic rings. The Morgan fingerprint density at radius 2 is 2.26 bits per heavy atom. The number of carbonyl (C=O) groups is 1. The number of aryl methyl sites for hydroxylation is 1. The molecule has 0 unspecified atom stereocenters. The van der Waals surface area contributed by atoms with Gasteiger partial charge >= 0.3 is 5.97 Å². The maximum atomic E-state index is 11.2. The van der Waals surface area contributed by atoms with E-state index in [1.165, 1.54) is 17.4 Å². The van der Waals surface area contributed by atoms with Crippen LogP contribution in [0.25, 0.3) is 21.9 Å². The van der Waals surface area contributed by atoms with Crippen LogP contribution >= 0.6 is 22.9 Å². The van der Waals surface area contributed by atoms with E-state index < -0.39 is 5.97 Å². The van der Waals surface area contributed by atoms with Gasteiger partial charge in [0.1, 0.15) is 5.52 Å². The summed E-state index contributed by atoms with van der Waals surface area (Å²) in [5, 5.41) is 11.4. The molecule has 0 saturated carbocycles. The quantitative estimate of drug-likeness (QED) is 0.768. The lowest BCUT2D eigenvalue weighted by Crippen LogP contribution is -1.97. The van der Waals surface area contributed by atoms with Crippen LogP contribution in [0.15, 0.2) is 28.0 Å². The molecule has 0 amide bonds. The molecule has 0 radical (unpaired) electrons. The highest BCUT2D eigenvalue weighted by Gasteiger charge is 2.18. The second-order valence-electron chi connectivity index (χ2n) is 4.06. The number of carboxylic acids is 1. The first kappa shape index (κ1) is 12.2. The first-order chi connectivity index (χ1) is 9.06. The third-order valence-corrected chi connectivity index (χ3v) is 3.97. The molecule has 0 saturated heterocycles. The van der Waals surface area contributed by atoms with Crippen molar-refractivity contribution in [3.8, 4) is 10.8 Å². The zero-order valence-electron chi connectivity index (χ0n) is 9.81. The van der Waals surface area contributed by atoms with Crippen LogP contribution in [-0.4, -0.2) is 16.1 Å². The van der Waals surface area contributed by atoms with Gasteiger partial charge in [-0.2, -0.15) is 0 Å². The largest absolute Gasteiger partial charge is 0.478 e. The third-order valence-electron chi connectivity index (χ3n) is 2.75. The summed E-state index contributed by atoms with van der Waals surface area (Å²) in [5.74, 6) is -0.650. The summed E-state index contributed by atoms with van der Waals surface area (Å²) in [4.78, 5) is 16.4. The maximum Gasteiger partial charge on any atom is 0.338 e. The normalized spacial score (nSPS) is 11.1. The van der Waals surface area contributed by atoms with E-state index in [1.807, 2.05) is 18.4 Å². The Labute approximate surface area is 117 Å². The molecular weight excluding hydrogens is 286 g/mol. The molecule has 19 heavy (non-hydrogen) atoms. The van der Waals surface area contributed by atoms with Crippen LogP contribution in [0.1, 0.15) is 15.9 Å². The summed E-state index contributed by atoms with van der Waals surface area (Å²) in [6.45, 7) is 1.95. The van der Waals surface area contributed by atoms with Gasteiger partial charge in [-0.1, -0.05) is 11.6 Å². The van der Waals surface area contributed by atoms with Crippen LogP contribution in [0.4, 0.5) is 0 Å². The van der Waals surface area contributed by atoms with Crippen LogP contribution in [-0.2, 0) is 0 Å². The van der Waals surface area contributed by atoms with Crippen molar-refractivity contribution < 1.29 is 14.3 Å². The summed E-state index contributed by atoms with van der Waals surface area (Å²) in [6, 6.07) is 4.91. The number of aromatic carboxylic acids is 1. The smallest absolute Gasteiger partial charge is 0.338 e.